The number of benzene rings is 2. The predicted octanol–water partition coefficient (Wildman–Crippen LogP) is 3.73. The highest BCUT2D eigenvalue weighted by molar-refractivity contribution is 7.18. The Morgan fingerprint density at radius 3 is 2.78 bits per heavy atom. The molecule has 0 bridgehead atoms. The Morgan fingerprint density at radius 2 is 2.00 bits per heavy atom. The molecule has 2 aromatic carbocycles. The third-order valence-corrected chi connectivity index (χ3v) is 3.75. The molecule has 0 saturated heterocycles. The monoisotopic (exact) mass is 259 g/mol. The van der Waals surface area contributed by atoms with Gasteiger partial charge in [0.1, 0.15) is 11.6 Å². The largest absolute Gasteiger partial charge is 0.508 e. The maximum Gasteiger partial charge on any atom is 0.130 e. The smallest absolute Gasteiger partial charge is 0.130 e. The fourth-order valence-corrected chi connectivity index (χ4v) is 2.83. The average molecular weight is 259 g/mol. The van der Waals surface area contributed by atoms with Crippen LogP contribution in [0.5, 0.6) is 5.75 Å². The van der Waals surface area contributed by atoms with Crippen LogP contribution in [0.25, 0.3) is 10.2 Å². The van der Waals surface area contributed by atoms with E-state index < -0.39 is 5.82 Å². The van der Waals surface area contributed by atoms with E-state index >= 15 is 0 Å². The summed E-state index contributed by atoms with van der Waals surface area (Å²) in [6.07, 6.45) is 0.450. The van der Waals surface area contributed by atoms with Gasteiger partial charge in [0.2, 0.25) is 0 Å². The first-order valence-electron chi connectivity index (χ1n) is 5.54. The molecule has 3 rings (SSSR count). The van der Waals surface area contributed by atoms with Crippen molar-refractivity contribution in [1.82, 2.24) is 4.98 Å². The summed E-state index contributed by atoms with van der Waals surface area (Å²) in [5.41, 5.74) is 1.49. The summed E-state index contributed by atoms with van der Waals surface area (Å²) in [6, 6.07) is 12.1. The van der Waals surface area contributed by atoms with E-state index in [1.807, 2.05) is 24.3 Å². The number of aromatic hydroxyl groups is 1. The molecule has 3 aromatic rings. The first kappa shape index (κ1) is 11.2. The van der Waals surface area contributed by atoms with E-state index in [0.717, 1.165) is 21.3 Å². The van der Waals surface area contributed by atoms with Crippen molar-refractivity contribution in [3.05, 3.63) is 58.9 Å². The zero-order valence-corrected chi connectivity index (χ0v) is 10.2. The van der Waals surface area contributed by atoms with Gasteiger partial charge in [0.15, 0.2) is 0 Å². The van der Waals surface area contributed by atoms with Gasteiger partial charge < -0.3 is 5.11 Å². The normalized spacial score (nSPS) is 10.9. The van der Waals surface area contributed by atoms with Crippen LogP contribution >= 0.6 is 11.3 Å². The molecule has 0 amide bonds. The van der Waals surface area contributed by atoms with Crippen molar-refractivity contribution in [1.29, 1.82) is 0 Å². The van der Waals surface area contributed by atoms with Crippen molar-refractivity contribution in [3.8, 4) is 5.75 Å². The fraction of sp³-hybridized carbons (Fsp3) is 0.0714. The standard InChI is InChI=1S/C14H10FNOS/c15-11-8-10(17)6-5-9(11)7-14-16-12-3-1-2-4-13(12)18-14/h1-6,8,17H,7H2. The second-order valence-corrected chi connectivity index (χ2v) is 5.14. The van der Waals surface area contributed by atoms with Gasteiger partial charge in [-0.05, 0) is 23.8 Å². The van der Waals surface area contributed by atoms with Crippen molar-refractivity contribution in [2.75, 3.05) is 0 Å². The van der Waals surface area contributed by atoms with Crippen molar-refractivity contribution < 1.29 is 9.50 Å². The predicted molar refractivity (Wildman–Crippen MR) is 70.5 cm³/mol. The number of fused-ring (bicyclic) bond motifs is 1. The molecule has 0 aliphatic carbocycles. The summed E-state index contributed by atoms with van der Waals surface area (Å²) in [4.78, 5) is 4.46. The van der Waals surface area contributed by atoms with Crippen LogP contribution in [0.3, 0.4) is 0 Å². The molecule has 2 nitrogen and oxygen atoms in total. The molecule has 0 aliphatic rings. The minimum atomic E-state index is -0.394. The first-order valence-corrected chi connectivity index (χ1v) is 6.36. The van der Waals surface area contributed by atoms with Gasteiger partial charge in [-0.25, -0.2) is 9.37 Å². The Hall–Kier alpha value is -1.94. The number of halogens is 1. The Labute approximate surface area is 107 Å². The van der Waals surface area contributed by atoms with E-state index in [-0.39, 0.29) is 5.75 Å². The van der Waals surface area contributed by atoms with Crippen LogP contribution in [0.4, 0.5) is 4.39 Å². The van der Waals surface area contributed by atoms with E-state index in [1.165, 1.54) is 6.07 Å². The van der Waals surface area contributed by atoms with Gasteiger partial charge in [-0.2, -0.15) is 0 Å². The van der Waals surface area contributed by atoms with Gasteiger partial charge in [0, 0.05) is 12.5 Å². The first-order chi connectivity index (χ1) is 8.72. The quantitative estimate of drug-likeness (QED) is 0.760. The van der Waals surface area contributed by atoms with Gasteiger partial charge >= 0.3 is 0 Å². The summed E-state index contributed by atoms with van der Waals surface area (Å²) in [7, 11) is 0. The van der Waals surface area contributed by atoms with Crippen LogP contribution < -0.4 is 0 Å². The Morgan fingerprint density at radius 1 is 1.17 bits per heavy atom. The van der Waals surface area contributed by atoms with E-state index in [2.05, 4.69) is 4.98 Å². The number of para-hydroxylation sites is 1. The van der Waals surface area contributed by atoms with Crippen molar-refractivity contribution in [2.45, 2.75) is 6.42 Å². The highest BCUT2D eigenvalue weighted by Crippen LogP contribution is 2.25. The van der Waals surface area contributed by atoms with E-state index in [0.29, 0.717) is 12.0 Å². The lowest BCUT2D eigenvalue weighted by Gasteiger charge is -2.00. The van der Waals surface area contributed by atoms with Crippen molar-refractivity contribution >= 4 is 21.6 Å². The minimum Gasteiger partial charge on any atom is -0.508 e. The zero-order valence-electron chi connectivity index (χ0n) is 9.43. The van der Waals surface area contributed by atoms with Crippen molar-refractivity contribution in [2.24, 2.45) is 0 Å². The molecule has 1 aromatic heterocycles. The van der Waals surface area contributed by atoms with Crippen molar-refractivity contribution in [3.63, 3.8) is 0 Å². The van der Waals surface area contributed by atoms with Crippen LogP contribution in [-0.2, 0) is 6.42 Å². The fourth-order valence-electron chi connectivity index (χ4n) is 1.84. The number of rotatable bonds is 2. The van der Waals surface area contributed by atoms with Gasteiger partial charge in [-0.3, -0.25) is 0 Å². The summed E-state index contributed by atoms with van der Waals surface area (Å²) >= 11 is 1.56. The van der Waals surface area contributed by atoms with Gasteiger partial charge in [-0.1, -0.05) is 18.2 Å². The van der Waals surface area contributed by atoms with E-state index in [9.17, 15) is 4.39 Å². The van der Waals surface area contributed by atoms with Crippen LogP contribution in [0.1, 0.15) is 10.6 Å². The molecule has 4 heteroatoms. The molecular weight excluding hydrogens is 249 g/mol. The summed E-state index contributed by atoms with van der Waals surface area (Å²) in [5.74, 6) is -0.449. The lowest BCUT2D eigenvalue weighted by molar-refractivity contribution is 0.468. The van der Waals surface area contributed by atoms with E-state index in [4.69, 9.17) is 5.11 Å². The molecular formula is C14H10FNOS. The summed E-state index contributed by atoms with van der Waals surface area (Å²) in [6.45, 7) is 0. The number of phenolic OH excluding ortho intramolecular Hbond substituents is 1. The molecule has 1 heterocycles. The van der Waals surface area contributed by atoms with Crippen LogP contribution in [-0.4, -0.2) is 10.1 Å². The number of phenols is 1. The third kappa shape index (κ3) is 2.07. The van der Waals surface area contributed by atoms with E-state index in [1.54, 1.807) is 17.4 Å². The molecule has 18 heavy (non-hydrogen) atoms. The molecule has 0 unspecified atom stereocenters. The Bertz CT molecular complexity index is 675. The number of nitrogens with zero attached hydrogens (tertiary/aromatic N) is 1. The number of thiazole rings is 1. The lowest BCUT2D eigenvalue weighted by atomic mass is 10.1. The topological polar surface area (TPSA) is 33.1 Å². The number of hydrogen-bond acceptors (Lipinski definition) is 3. The molecule has 0 fully saturated rings. The SMILES string of the molecule is Oc1ccc(Cc2nc3ccccc3s2)c(F)c1. The highest BCUT2D eigenvalue weighted by Gasteiger charge is 2.08. The molecule has 0 atom stereocenters. The highest BCUT2D eigenvalue weighted by atomic mass is 32.1. The van der Waals surface area contributed by atoms with Crippen LogP contribution in [0, 0.1) is 5.82 Å². The van der Waals surface area contributed by atoms with Crippen LogP contribution in [0.15, 0.2) is 42.5 Å². The molecule has 0 saturated carbocycles. The third-order valence-electron chi connectivity index (χ3n) is 2.72. The van der Waals surface area contributed by atoms with Gasteiger partial charge in [-0.15, -0.1) is 11.3 Å². The molecule has 0 aliphatic heterocycles. The second kappa shape index (κ2) is 4.38. The second-order valence-electron chi connectivity index (χ2n) is 4.03. The maximum atomic E-state index is 13.6. The lowest BCUT2D eigenvalue weighted by Crippen LogP contribution is -1.91. The molecule has 90 valence electrons. The summed E-state index contributed by atoms with van der Waals surface area (Å²) < 4.78 is 14.7. The summed E-state index contributed by atoms with van der Waals surface area (Å²) in [5, 5.41) is 10.0. The average Bonchev–Trinajstić information content (AvgIpc) is 2.75. The number of hydrogen-bond donors (Lipinski definition) is 1. The molecule has 1 N–H and O–H groups in total. The molecule has 0 spiro atoms. The minimum absolute atomic E-state index is 0.0550. The maximum absolute atomic E-state index is 13.6. The van der Waals surface area contributed by atoms with Gasteiger partial charge in [0.05, 0.1) is 15.2 Å². The molecule has 0 radical (unpaired) electrons. The number of aromatic nitrogens is 1. The van der Waals surface area contributed by atoms with Crippen LogP contribution in [0.2, 0.25) is 0 Å². The zero-order chi connectivity index (χ0) is 12.5. The Balaban J connectivity index is 1.96. The Kier molecular flexibility index (Phi) is 2.72. The van der Waals surface area contributed by atoms with Gasteiger partial charge in [0.25, 0.3) is 0 Å².